The van der Waals surface area contributed by atoms with Gasteiger partial charge < -0.3 is 4.74 Å². The van der Waals surface area contributed by atoms with Crippen molar-refractivity contribution in [1.29, 1.82) is 0 Å². The van der Waals surface area contributed by atoms with Gasteiger partial charge in [-0.25, -0.2) is 9.97 Å². The smallest absolute Gasteiger partial charge is 0.277 e. The van der Waals surface area contributed by atoms with Gasteiger partial charge in [0.25, 0.3) is 16.8 Å². The fraction of sp³-hybridized carbons (Fsp3) is 0.0286. The van der Waals surface area contributed by atoms with Crippen LogP contribution in [0.3, 0.4) is 0 Å². The molecule has 6 heterocycles. The second-order valence-corrected chi connectivity index (χ2v) is 10.4. The summed E-state index contributed by atoms with van der Waals surface area (Å²) in [5, 5.41) is 14.1. The maximum Gasteiger partial charge on any atom is 0.277 e. The molecule has 6 aromatic heterocycles. The van der Waals surface area contributed by atoms with E-state index in [-0.39, 0.29) is 16.8 Å². The molecule has 0 N–H and O–H groups in total. The van der Waals surface area contributed by atoms with E-state index in [4.69, 9.17) is 4.74 Å². The molecule has 0 fully saturated rings. The number of benzene rings is 2. The lowest BCUT2D eigenvalue weighted by Gasteiger charge is -2.08. The molecule has 0 aliphatic carbocycles. The number of non-ortho nitro benzene ring substituents is 1. The quantitative estimate of drug-likeness (QED) is 0.136. The van der Waals surface area contributed by atoms with Crippen LogP contribution in [-0.4, -0.2) is 40.8 Å². The van der Waals surface area contributed by atoms with Crippen LogP contribution in [0.25, 0.3) is 55.4 Å². The average molecular weight is 622 g/mol. The third-order valence-corrected chi connectivity index (χ3v) is 7.67. The van der Waals surface area contributed by atoms with Gasteiger partial charge in [-0.15, -0.1) is 0 Å². The van der Waals surface area contributed by atoms with Crippen molar-refractivity contribution in [3.8, 4) is 28.3 Å². The van der Waals surface area contributed by atoms with Crippen molar-refractivity contribution in [3.63, 3.8) is 0 Å². The first-order chi connectivity index (χ1) is 22.9. The predicted molar refractivity (Wildman–Crippen MR) is 178 cm³/mol. The Balaban J connectivity index is 0.000000150. The maximum absolute atomic E-state index is 12.4. The van der Waals surface area contributed by atoms with Gasteiger partial charge in [0.1, 0.15) is 17.0 Å². The number of fused-ring (bicyclic) bond motifs is 6. The van der Waals surface area contributed by atoms with E-state index in [1.54, 1.807) is 72.8 Å². The zero-order valence-corrected chi connectivity index (χ0v) is 24.7. The van der Waals surface area contributed by atoms with Crippen LogP contribution >= 0.6 is 0 Å². The molecule has 2 aromatic carbocycles. The Bertz CT molecular complexity index is 2590. The standard InChI is InChI=1S/C18H13N3O2.C17H10N4O3/c1-23-14-3-2-12-6-9-21-17(22)11-16(13-4-7-19-8-5-13)20-18(21)15(12)10-14;22-16-10-14(11-4-7-18-8-5-11)19-17-13-2-1-3-15(21(23)24)12(13)6-9-20(16)17/h2-11H,1H3;1-10H. The molecule has 0 saturated carbocycles. The van der Waals surface area contributed by atoms with Crippen LogP contribution < -0.4 is 15.9 Å². The number of aromatic nitrogens is 6. The van der Waals surface area contributed by atoms with E-state index in [2.05, 4.69) is 19.9 Å². The number of pyridine rings is 4. The lowest BCUT2D eigenvalue weighted by atomic mass is 10.1. The Labute approximate surface area is 265 Å². The van der Waals surface area contributed by atoms with Crippen LogP contribution in [0.2, 0.25) is 0 Å². The summed E-state index contributed by atoms with van der Waals surface area (Å²) in [4.78, 5) is 52.8. The third-order valence-electron chi connectivity index (χ3n) is 7.67. The van der Waals surface area contributed by atoms with E-state index in [1.807, 2.05) is 36.4 Å². The lowest BCUT2D eigenvalue weighted by Crippen LogP contribution is -2.14. The van der Waals surface area contributed by atoms with Crippen molar-refractivity contribution in [1.82, 2.24) is 28.7 Å². The third kappa shape index (κ3) is 5.40. The van der Waals surface area contributed by atoms with Gasteiger partial charge in [-0.05, 0) is 53.9 Å². The van der Waals surface area contributed by atoms with Crippen LogP contribution in [-0.2, 0) is 0 Å². The van der Waals surface area contributed by atoms with Crippen LogP contribution in [0.4, 0.5) is 5.69 Å². The minimum absolute atomic E-state index is 0.0152. The summed E-state index contributed by atoms with van der Waals surface area (Å²) < 4.78 is 8.23. The van der Waals surface area contributed by atoms with Crippen LogP contribution in [0.5, 0.6) is 5.75 Å². The Kier molecular flexibility index (Phi) is 7.34. The van der Waals surface area contributed by atoms with Gasteiger partial charge in [-0.2, -0.15) is 0 Å². The summed E-state index contributed by atoms with van der Waals surface area (Å²) in [6.45, 7) is 0. The number of ether oxygens (including phenoxy) is 1. The van der Waals surface area contributed by atoms with Crippen molar-refractivity contribution in [3.05, 3.63) is 153 Å². The molecule has 12 heteroatoms. The number of methoxy groups -OCH3 is 1. The molecule has 0 radical (unpaired) electrons. The monoisotopic (exact) mass is 621 g/mol. The highest BCUT2D eigenvalue weighted by Crippen LogP contribution is 2.28. The Morgan fingerprint density at radius 3 is 1.81 bits per heavy atom. The summed E-state index contributed by atoms with van der Waals surface area (Å²) in [6, 6.07) is 24.1. The molecule has 47 heavy (non-hydrogen) atoms. The molecule has 0 aliphatic rings. The first-order valence-corrected chi connectivity index (χ1v) is 14.3. The van der Waals surface area contributed by atoms with Crippen molar-refractivity contribution in [2.24, 2.45) is 0 Å². The van der Waals surface area contributed by atoms with E-state index in [0.717, 1.165) is 27.6 Å². The van der Waals surface area contributed by atoms with E-state index in [0.29, 0.717) is 33.5 Å². The zero-order chi connectivity index (χ0) is 32.5. The van der Waals surface area contributed by atoms with E-state index in [9.17, 15) is 19.7 Å². The molecule has 12 nitrogen and oxygen atoms in total. The van der Waals surface area contributed by atoms with Gasteiger partial charge in [-0.1, -0.05) is 18.2 Å². The highest BCUT2D eigenvalue weighted by molar-refractivity contribution is 5.99. The number of nitro groups is 1. The van der Waals surface area contributed by atoms with Gasteiger partial charge in [0.05, 0.1) is 28.8 Å². The topological polar surface area (TPSA) is 147 Å². The summed E-state index contributed by atoms with van der Waals surface area (Å²) >= 11 is 0. The first kappa shape index (κ1) is 28.9. The summed E-state index contributed by atoms with van der Waals surface area (Å²) in [5.74, 6) is 0.731. The number of rotatable bonds is 4. The summed E-state index contributed by atoms with van der Waals surface area (Å²) in [7, 11) is 1.62. The zero-order valence-electron chi connectivity index (χ0n) is 24.7. The summed E-state index contributed by atoms with van der Waals surface area (Å²) in [5.41, 5.74) is 3.36. The predicted octanol–water partition coefficient (Wildman–Crippen LogP) is 5.74. The van der Waals surface area contributed by atoms with E-state index < -0.39 is 4.92 Å². The Morgan fingerprint density at radius 2 is 1.23 bits per heavy atom. The van der Waals surface area contributed by atoms with Gasteiger partial charge in [0.2, 0.25) is 0 Å². The second kappa shape index (κ2) is 11.9. The number of hydrogen-bond acceptors (Lipinski definition) is 9. The molecular weight excluding hydrogens is 598 g/mol. The number of nitrogens with zero attached hydrogens (tertiary/aromatic N) is 7. The Morgan fingerprint density at radius 1 is 0.660 bits per heavy atom. The van der Waals surface area contributed by atoms with Crippen LogP contribution in [0.1, 0.15) is 0 Å². The van der Waals surface area contributed by atoms with Crippen molar-refractivity contribution in [2.75, 3.05) is 7.11 Å². The maximum atomic E-state index is 12.4. The molecule has 0 aliphatic heterocycles. The minimum atomic E-state index is -0.441. The Hall–Kier alpha value is -6.82. The molecule has 0 bridgehead atoms. The second-order valence-electron chi connectivity index (χ2n) is 10.4. The molecule has 0 amide bonds. The van der Waals surface area contributed by atoms with E-state index >= 15 is 0 Å². The molecule has 0 unspecified atom stereocenters. The fourth-order valence-corrected chi connectivity index (χ4v) is 5.38. The average Bonchev–Trinajstić information content (AvgIpc) is 3.11. The molecular formula is C35H23N7O5. The molecule has 8 aromatic rings. The summed E-state index contributed by atoms with van der Waals surface area (Å²) in [6.07, 6.45) is 9.86. The number of nitro benzene ring substituents is 1. The normalized spacial score (nSPS) is 11.0. The van der Waals surface area contributed by atoms with Crippen molar-refractivity contribution in [2.45, 2.75) is 0 Å². The fourth-order valence-electron chi connectivity index (χ4n) is 5.38. The van der Waals surface area contributed by atoms with Gasteiger partial charge in [0.15, 0.2) is 0 Å². The first-order valence-electron chi connectivity index (χ1n) is 14.3. The van der Waals surface area contributed by atoms with E-state index in [1.165, 1.54) is 28.8 Å². The van der Waals surface area contributed by atoms with Crippen molar-refractivity contribution < 1.29 is 9.66 Å². The van der Waals surface area contributed by atoms with Crippen LogP contribution in [0, 0.1) is 10.1 Å². The molecule has 0 saturated heterocycles. The van der Waals surface area contributed by atoms with Gasteiger partial charge >= 0.3 is 0 Å². The molecule has 0 atom stereocenters. The lowest BCUT2D eigenvalue weighted by molar-refractivity contribution is -0.383. The minimum Gasteiger partial charge on any atom is -0.497 e. The molecule has 0 spiro atoms. The van der Waals surface area contributed by atoms with Crippen LogP contribution in [0.15, 0.2) is 132 Å². The highest BCUT2D eigenvalue weighted by Gasteiger charge is 2.15. The SMILES string of the molecule is COc1ccc2ccn3c(=O)cc(-c4ccncc4)nc3c2c1.O=c1cc(-c2ccncc2)nc2c3cccc([N+](=O)[O-])c3ccn12. The van der Waals surface area contributed by atoms with Gasteiger partial charge in [-0.3, -0.25) is 38.5 Å². The highest BCUT2D eigenvalue weighted by atomic mass is 16.6. The molecule has 228 valence electrons. The largest absolute Gasteiger partial charge is 0.497 e. The van der Waals surface area contributed by atoms with Crippen molar-refractivity contribution >= 4 is 38.5 Å². The molecule has 8 rings (SSSR count). The number of hydrogen-bond donors (Lipinski definition) is 0. The van der Waals surface area contributed by atoms with Gasteiger partial charge in [0, 0.05) is 77.3 Å².